The van der Waals surface area contributed by atoms with Gasteiger partial charge in [0.1, 0.15) is 15.6 Å². The molecule has 0 bridgehead atoms. The van der Waals surface area contributed by atoms with Crippen molar-refractivity contribution in [1.82, 2.24) is 4.98 Å². The molecule has 158 valence electrons. The highest BCUT2D eigenvalue weighted by molar-refractivity contribution is 7.17. The number of hydrogen-bond donors (Lipinski definition) is 1. The molecule has 8 heteroatoms. The average Bonchev–Trinajstić information content (AvgIpc) is 3.15. The summed E-state index contributed by atoms with van der Waals surface area (Å²) >= 11 is 1.34. The van der Waals surface area contributed by atoms with Crippen LogP contribution >= 0.6 is 11.3 Å². The fourth-order valence-electron chi connectivity index (χ4n) is 2.93. The van der Waals surface area contributed by atoms with Crippen LogP contribution in [0.2, 0.25) is 0 Å². The van der Waals surface area contributed by atoms with E-state index in [2.05, 4.69) is 10.3 Å². The van der Waals surface area contributed by atoms with Crippen molar-refractivity contribution in [3.63, 3.8) is 0 Å². The summed E-state index contributed by atoms with van der Waals surface area (Å²) in [5.74, 6) is 1.93. The van der Waals surface area contributed by atoms with Gasteiger partial charge in [-0.1, -0.05) is 0 Å². The zero-order chi connectivity index (χ0) is 21.7. The molecule has 0 aliphatic carbocycles. The summed E-state index contributed by atoms with van der Waals surface area (Å²) in [5, 5.41) is 3.66. The van der Waals surface area contributed by atoms with E-state index < -0.39 is 0 Å². The van der Waals surface area contributed by atoms with Crippen molar-refractivity contribution in [3.8, 4) is 33.6 Å². The lowest BCUT2D eigenvalue weighted by Gasteiger charge is -2.14. The van der Waals surface area contributed by atoms with E-state index in [-0.39, 0.29) is 5.91 Å². The van der Waals surface area contributed by atoms with E-state index >= 15 is 0 Å². The van der Waals surface area contributed by atoms with Crippen LogP contribution in [0.15, 0.2) is 36.4 Å². The summed E-state index contributed by atoms with van der Waals surface area (Å²) in [5.41, 5.74) is 2.12. The first-order valence-electron chi connectivity index (χ1n) is 9.32. The minimum absolute atomic E-state index is 0.253. The van der Waals surface area contributed by atoms with Crippen LogP contribution in [0.3, 0.4) is 0 Å². The molecule has 30 heavy (non-hydrogen) atoms. The zero-order valence-corrected chi connectivity index (χ0v) is 18.4. The molecule has 0 aliphatic rings. The van der Waals surface area contributed by atoms with E-state index in [4.69, 9.17) is 18.9 Å². The molecule has 0 saturated carbocycles. The van der Waals surface area contributed by atoms with Crippen molar-refractivity contribution in [2.24, 2.45) is 0 Å². The van der Waals surface area contributed by atoms with Gasteiger partial charge in [0.2, 0.25) is 5.75 Å². The van der Waals surface area contributed by atoms with E-state index in [0.717, 1.165) is 16.3 Å². The molecule has 7 nitrogen and oxygen atoms in total. The molecule has 0 saturated heterocycles. The molecule has 3 rings (SSSR count). The van der Waals surface area contributed by atoms with Crippen molar-refractivity contribution >= 4 is 22.9 Å². The first-order chi connectivity index (χ1) is 14.5. The van der Waals surface area contributed by atoms with Gasteiger partial charge in [-0.15, -0.1) is 11.3 Å². The third-order valence-corrected chi connectivity index (χ3v) is 5.54. The third kappa shape index (κ3) is 4.49. The van der Waals surface area contributed by atoms with Crippen LogP contribution < -0.4 is 24.3 Å². The maximum atomic E-state index is 12.9. The summed E-state index contributed by atoms with van der Waals surface area (Å²) in [4.78, 5) is 18.0. The van der Waals surface area contributed by atoms with Crippen molar-refractivity contribution < 1.29 is 23.7 Å². The molecule has 2 aromatic carbocycles. The van der Waals surface area contributed by atoms with Crippen LogP contribution in [0, 0.1) is 6.92 Å². The molecular formula is C22H24N2O5S. The van der Waals surface area contributed by atoms with Crippen LogP contribution in [0.4, 0.5) is 5.69 Å². The van der Waals surface area contributed by atoms with Crippen LogP contribution in [-0.4, -0.2) is 38.8 Å². The topological polar surface area (TPSA) is 78.9 Å². The Bertz CT molecular complexity index is 1010. The SMILES string of the molecule is CCOc1ccc(-c2nc(C)c(C(=O)Nc3cc(OC)c(OC)c(OC)c3)s2)cc1. The van der Waals surface area contributed by atoms with Gasteiger partial charge in [-0.2, -0.15) is 0 Å². The van der Waals surface area contributed by atoms with E-state index in [1.807, 2.05) is 38.1 Å². The predicted molar refractivity (Wildman–Crippen MR) is 118 cm³/mol. The molecule has 3 aromatic rings. The monoisotopic (exact) mass is 428 g/mol. The summed E-state index contributed by atoms with van der Waals surface area (Å²) in [7, 11) is 4.58. The van der Waals surface area contributed by atoms with Gasteiger partial charge in [0.15, 0.2) is 11.5 Å². The van der Waals surface area contributed by atoms with Crippen LogP contribution in [0.5, 0.6) is 23.0 Å². The summed E-state index contributed by atoms with van der Waals surface area (Å²) in [6.45, 7) is 4.37. The van der Waals surface area contributed by atoms with E-state index in [1.165, 1.54) is 32.7 Å². The van der Waals surface area contributed by atoms with E-state index in [9.17, 15) is 4.79 Å². The van der Waals surface area contributed by atoms with E-state index in [1.54, 1.807) is 12.1 Å². The number of anilines is 1. The fraction of sp³-hybridized carbons (Fsp3) is 0.273. The molecule has 0 atom stereocenters. The Labute approximate surface area is 179 Å². The molecule has 0 aliphatic heterocycles. The first-order valence-corrected chi connectivity index (χ1v) is 10.1. The normalized spacial score (nSPS) is 10.4. The third-order valence-electron chi connectivity index (χ3n) is 4.34. The van der Waals surface area contributed by atoms with Crippen molar-refractivity contribution in [2.75, 3.05) is 33.3 Å². The van der Waals surface area contributed by atoms with Gasteiger partial charge >= 0.3 is 0 Å². The van der Waals surface area contributed by atoms with Crippen LogP contribution in [0.25, 0.3) is 10.6 Å². The fourth-order valence-corrected chi connectivity index (χ4v) is 3.90. The highest BCUT2D eigenvalue weighted by Crippen LogP contribution is 2.40. The van der Waals surface area contributed by atoms with Gasteiger partial charge in [-0.25, -0.2) is 4.98 Å². The number of aromatic nitrogens is 1. The minimum Gasteiger partial charge on any atom is -0.494 e. The Hall–Kier alpha value is -3.26. The largest absolute Gasteiger partial charge is 0.494 e. The Morgan fingerprint density at radius 1 is 1.03 bits per heavy atom. The highest BCUT2D eigenvalue weighted by Gasteiger charge is 2.19. The molecule has 0 unspecified atom stereocenters. The molecule has 0 spiro atoms. The lowest BCUT2D eigenvalue weighted by molar-refractivity contribution is 0.103. The van der Waals surface area contributed by atoms with Crippen molar-refractivity contribution in [1.29, 1.82) is 0 Å². The summed E-state index contributed by atoms with van der Waals surface area (Å²) < 4.78 is 21.5. The molecular weight excluding hydrogens is 404 g/mol. The number of nitrogens with one attached hydrogen (secondary N) is 1. The number of ether oxygens (including phenoxy) is 4. The summed E-state index contributed by atoms with van der Waals surface area (Å²) in [6.07, 6.45) is 0. The van der Waals surface area contributed by atoms with E-state index in [0.29, 0.717) is 40.1 Å². The smallest absolute Gasteiger partial charge is 0.267 e. The van der Waals surface area contributed by atoms with Crippen molar-refractivity contribution in [3.05, 3.63) is 47.0 Å². The number of nitrogens with zero attached hydrogens (tertiary/aromatic N) is 1. The molecule has 0 fully saturated rings. The highest BCUT2D eigenvalue weighted by atomic mass is 32.1. The number of thiazole rings is 1. The number of hydrogen-bond acceptors (Lipinski definition) is 7. The Kier molecular flexibility index (Phi) is 6.79. The molecule has 1 aromatic heterocycles. The lowest BCUT2D eigenvalue weighted by atomic mass is 10.2. The molecule has 1 N–H and O–H groups in total. The quantitative estimate of drug-likeness (QED) is 0.555. The summed E-state index contributed by atoms with van der Waals surface area (Å²) in [6, 6.07) is 11.0. The number of aryl methyl sites for hydroxylation is 1. The standard InChI is InChI=1S/C22H24N2O5S/c1-6-29-16-9-7-14(8-10-16)22-23-13(2)20(30-22)21(25)24-15-11-17(26-3)19(28-5)18(12-15)27-4/h7-12H,6H2,1-5H3,(H,24,25). The minimum atomic E-state index is -0.253. The number of amides is 1. The number of methoxy groups -OCH3 is 3. The maximum absolute atomic E-state index is 12.9. The zero-order valence-electron chi connectivity index (χ0n) is 17.6. The van der Waals surface area contributed by atoms with Crippen LogP contribution in [-0.2, 0) is 0 Å². The maximum Gasteiger partial charge on any atom is 0.267 e. The van der Waals surface area contributed by atoms with Gasteiger partial charge in [-0.3, -0.25) is 4.79 Å². The lowest BCUT2D eigenvalue weighted by Crippen LogP contribution is -2.12. The molecule has 1 heterocycles. The van der Waals surface area contributed by atoms with Crippen LogP contribution in [0.1, 0.15) is 22.3 Å². The first kappa shape index (κ1) is 21.4. The van der Waals surface area contributed by atoms with Gasteiger partial charge in [0.05, 0.1) is 33.6 Å². The number of carbonyl (C=O) groups is 1. The van der Waals surface area contributed by atoms with Gasteiger partial charge in [0, 0.05) is 23.4 Å². The second-order valence-electron chi connectivity index (χ2n) is 6.26. The average molecular weight is 429 g/mol. The Balaban J connectivity index is 1.84. The Morgan fingerprint density at radius 3 is 2.20 bits per heavy atom. The van der Waals surface area contributed by atoms with Gasteiger partial charge < -0.3 is 24.3 Å². The molecule has 0 radical (unpaired) electrons. The number of carbonyl (C=O) groups excluding carboxylic acids is 1. The second-order valence-corrected chi connectivity index (χ2v) is 7.26. The Morgan fingerprint density at radius 2 is 1.67 bits per heavy atom. The number of benzene rings is 2. The second kappa shape index (κ2) is 9.49. The van der Waals surface area contributed by atoms with Gasteiger partial charge in [-0.05, 0) is 38.1 Å². The predicted octanol–water partition coefficient (Wildman–Crippen LogP) is 4.80. The van der Waals surface area contributed by atoms with Crippen molar-refractivity contribution in [2.45, 2.75) is 13.8 Å². The van der Waals surface area contributed by atoms with Gasteiger partial charge in [0.25, 0.3) is 5.91 Å². The molecule has 1 amide bonds. The number of rotatable bonds is 8.